The highest BCUT2D eigenvalue weighted by molar-refractivity contribution is 6.26. The topological polar surface area (TPSA) is 83.8 Å². The van der Waals surface area contributed by atoms with Crippen LogP contribution in [0.3, 0.4) is 0 Å². The van der Waals surface area contributed by atoms with Crippen molar-refractivity contribution in [3.05, 3.63) is 48.3 Å². The number of halogens is 1. The Balaban J connectivity index is 1.72. The van der Waals surface area contributed by atoms with Crippen LogP contribution in [0.15, 0.2) is 52.8 Å². The molecule has 2 aliphatic rings. The fourth-order valence-electron chi connectivity index (χ4n) is 3.17. The van der Waals surface area contributed by atoms with Gasteiger partial charge in [0.2, 0.25) is 0 Å². The van der Waals surface area contributed by atoms with Gasteiger partial charge in [-0.3, -0.25) is 9.59 Å². The SMILES string of the molecule is COc1cc(OC)cc(N2N=NC3C(=O)N(c4cccc(F)c4)C(=O)C32)c1. The molecule has 0 N–H and O–H groups in total. The Labute approximate surface area is 153 Å². The lowest BCUT2D eigenvalue weighted by atomic mass is 10.1. The molecule has 2 heterocycles. The van der Waals surface area contributed by atoms with Crippen LogP contribution in [0, 0.1) is 5.82 Å². The maximum absolute atomic E-state index is 13.5. The number of anilines is 2. The zero-order valence-corrected chi connectivity index (χ0v) is 14.5. The van der Waals surface area contributed by atoms with Crippen molar-refractivity contribution in [2.24, 2.45) is 10.3 Å². The van der Waals surface area contributed by atoms with E-state index >= 15 is 0 Å². The van der Waals surface area contributed by atoms with Gasteiger partial charge in [0.05, 0.1) is 25.6 Å². The van der Waals surface area contributed by atoms with Crippen molar-refractivity contribution in [3.8, 4) is 11.5 Å². The lowest BCUT2D eigenvalue weighted by molar-refractivity contribution is -0.121. The Bertz CT molecular complexity index is 942. The molecule has 4 rings (SSSR count). The van der Waals surface area contributed by atoms with Gasteiger partial charge < -0.3 is 9.47 Å². The van der Waals surface area contributed by atoms with Crippen LogP contribution in [0.5, 0.6) is 11.5 Å². The monoisotopic (exact) mass is 370 g/mol. The first-order chi connectivity index (χ1) is 13.0. The van der Waals surface area contributed by atoms with Crippen LogP contribution < -0.4 is 19.4 Å². The molecule has 9 heteroatoms. The summed E-state index contributed by atoms with van der Waals surface area (Å²) in [5.74, 6) is -0.608. The highest BCUT2D eigenvalue weighted by Gasteiger charge is 2.55. The third kappa shape index (κ3) is 2.67. The summed E-state index contributed by atoms with van der Waals surface area (Å²) in [4.78, 5) is 26.6. The number of amides is 2. The molecule has 2 atom stereocenters. The van der Waals surface area contributed by atoms with Crippen molar-refractivity contribution in [1.29, 1.82) is 0 Å². The van der Waals surface area contributed by atoms with Crippen LogP contribution in [0.1, 0.15) is 0 Å². The van der Waals surface area contributed by atoms with E-state index in [0.717, 1.165) is 11.0 Å². The van der Waals surface area contributed by atoms with E-state index in [0.29, 0.717) is 17.2 Å². The van der Waals surface area contributed by atoms with E-state index in [9.17, 15) is 14.0 Å². The summed E-state index contributed by atoms with van der Waals surface area (Å²) in [6.45, 7) is 0. The second-order valence-corrected chi connectivity index (χ2v) is 6.00. The van der Waals surface area contributed by atoms with E-state index in [4.69, 9.17) is 9.47 Å². The predicted molar refractivity (Wildman–Crippen MR) is 93.4 cm³/mol. The van der Waals surface area contributed by atoms with Crippen LogP contribution in [0.2, 0.25) is 0 Å². The van der Waals surface area contributed by atoms with Crippen LogP contribution in [-0.4, -0.2) is 38.1 Å². The fourth-order valence-corrected chi connectivity index (χ4v) is 3.17. The van der Waals surface area contributed by atoms with E-state index in [1.54, 1.807) is 18.2 Å². The minimum Gasteiger partial charge on any atom is -0.497 e. The minimum absolute atomic E-state index is 0.165. The van der Waals surface area contributed by atoms with Crippen LogP contribution >= 0.6 is 0 Å². The van der Waals surface area contributed by atoms with Crippen LogP contribution in [0.25, 0.3) is 0 Å². The number of rotatable bonds is 4. The zero-order valence-electron chi connectivity index (χ0n) is 14.5. The predicted octanol–water partition coefficient (Wildman–Crippen LogP) is 2.34. The van der Waals surface area contributed by atoms with Crippen LogP contribution in [0.4, 0.5) is 15.8 Å². The summed E-state index contributed by atoms with van der Waals surface area (Å²) in [5, 5.41) is 9.31. The van der Waals surface area contributed by atoms with Gasteiger partial charge in [-0.05, 0) is 18.2 Å². The number of hydrogen-bond acceptors (Lipinski definition) is 7. The normalized spacial score (nSPS) is 21.0. The summed E-state index contributed by atoms with van der Waals surface area (Å²) in [7, 11) is 3.01. The van der Waals surface area contributed by atoms with Gasteiger partial charge in [0.25, 0.3) is 11.8 Å². The molecule has 2 aromatic rings. The molecule has 1 fully saturated rings. The lowest BCUT2D eigenvalue weighted by Gasteiger charge is -2.21. The van der Waals surface area contributed by atoms with E-state index in [2.05, 4.69) is 10.3 Å². The van der Waals surface area contributed by atoms with Gasteiger partial charge >= 0.3 is 0 Å². The molecule has 8 nitrogen and oxygen atoms in total. The highest BCUT2D eigenvalue weighted by atomic mass is 19.1. The van der Waals surface area contributed by atoms with E-state index in [-0.39, 0.29) is 5.69 Å². The van der Waals surface area contributed by atoms with Crippen molar-refractivity contribution in [2.75, 3.05) is 24.1 Å². The number of methoxy groups -OCH3 is 2. The molecule has 0 bridgehead atoms. The Hall–Kier alpha value is -3.49. The molecule has 27 heavy (non-hydrogen) atoms. The molecular formula is C18H15FN4O4. The molecule has 0 aliphatic carbocycles. The first-order valence-corrected chi connectivity index (χ1v) is 8.10. The molecule has 0 radical (unpaired) electrons. The van der Waals surface area contributed by atoms with Crippen molar-refractivity contribution in [2.45, 2.75) is 12.1 Å². The second kappa shape index (κ2) is 6.35. The van der Waals surface area contributed by atoms with Gasteiger partial charge in [-0.25, -0.2) is 14.3 Å². The molecule has 0 spiro atoms. The average molecular weight is 370 g/mol. The van der Waals surface area contributed by atoms with Crippen LogP contribution in [-0.2, 0) is 9.59 Å². The lowest BCUT2D eigenvalue weighted by Crippen LogP contribution is -2.40. The number of imide groups is 1. The van der Waals surface area contributed by atoms with E-state index < -0.39 is 29.7 Å². The van der Waals surface area contributed by atoms with Gasteiger partial charge in [0.15, 0.2) is 12.1 Å². The van der Waals surface area contributed by atoms with Gasteiger partial charge in [0.1, 0.15) is 17.3 Å². The number of benzene rings is 2. The number of fused-ring (bicyclic) bond motifs is 1. The van der Waals surface area contributed by atoms with E-state index in [1.165, 1.54) is 37.4 Å². The second-order valence-electron chi connectivity index (χ2n) is 6.00. The molecule has 138 valence electrons. The maximum Gasteiger partial charge on any atom is 0.263 e. The Morgan fingerprint density at radius 1 is 0.963 bits per heavy atom. The molecule has 0 saturated carbocycles. The number of hydrogen-bond donors (Lipinski definition) is 0. The highest BCUT2D eigenvalue weighted by Crippen LogP contribution is 2.37. The summed E-state index contributed by atoms with van der Waals surface area (Å²) in [6, 6.07) is 8.36. The standard InChI is InChI=1S/C18H15FN4O4/c1-26-13-7-12(8-14(9-13)27-2)23-16-15(20-21-23)17(24)22(18(16)25)11-5-3-4-10(19)6-11/h3-9,15-16H,1-2H3. The molecule has 2 amide bonds. The fraction of sp³-hybridized carbons (Fsp3) is 0.222. The van der Waals surface area contributed by atoms with Crippen molar-refractivity contribution in [1.82, 2.24) is 0 Å². The number of ether oxygens (including phenoxy) is 2. The largest absolute Gasteiger partial charge is 0.497 e. The maximum atomic E-state index is 13.5. The quantitative estimate of drug-likeness (QED) is 0.772. The molecule has 2 unspecified atom stereocenters. The van der Waals surface area contributed by atoms with Gasteiger partial charge in [-0.15, -0.1) is 0 Å². The summed E-state index contributed by atoms with van der Waals surface area (Å²) >= 11 is 0. The molecule has 0 aromatic heterocycles. The van der Waals surface area contributed by atoms with Crippen molar-refractivity contribution < 1.29 is 23.5 Å². The Kier molecular flexibility index (Phi) is 3.98. The number of carbonyl (C=O) groups excluding carboxylic acids is 2. The average Bonchev–Trinajstić information content (AvgIpc) is 3.21. The van der Waals surface area contributed by atoms with Gasteiger partial charge in [-0.1, -0.05) is 11.3 Å². The van der Waals surface area contributed by atoms with Gasteiger partial charge in [0, 0.05) is 18.2 Å². The molecule has 1 saturated heterocycles. The number of carbonyl (C=O) groups is 2. The third-order valence-electron chi connectivity index (χ3n) is 4.45. The minimum atomic E-state index is -0.988. The molecule has 2 aliphatic heterocycles. The first kappa shape index (κ1) is 17.0. The molecule has 2 aromatic carbocycles. The van der Waals surface area contributed by atoms with Gasteiger partial charge in [-0.2, -0.15) is 5.11 Å². The summed E-state index contributed by atoms with van der Waals surface area (Å²) in [6.07, 6.45) is 0. The first-order valence-electron chi connectivity index (χ1n) is 8.10. The summed E-state index contributed by atoms with van der Waals surface area (Å²) < 4.78 is 24.0. The Morgan fingerprint density at radius 3 is 2.30 bits per heavy atom. The smallest absolute Gasteiger partial charge is 0.263 e. The Morgan fingerprint density at radius 2 is 1.67 bits per heavy atom. The van der Waals surface area contributed by atoms with Crippen molar-refractivity contribution >= 4 is 23.2 Å². The van der Waals surface area contributed by atoms with E-state index in [1.807, 2.05) is 0 Å². The van der Waals surface area contributed by atoms with Crippen molar-refractivity contribution in [3.63, 3.8) is 0 Å². The molecular weight excluding hydrogens is 355 g/mol. The zero-order chi connectivity index (χ0) is 19.1. The third-order valence-corrected chi connectivity index (χ3v) is 4.45. The number of nitrogens with zero attached hydrogens (tertiary/aromatic N) is 4. The summed E-state index contributed by atoms with van der Waals surface area (Å²) in [5.41, 5.74) is 0.655.